The molecule has 0 saturated heterocycles. The van der Waals surface area contributed by atoms with Gasteiger partial charge in [0.15, 0.2) is 0 Å². The molecule has 0 aromatic rings. The first-order chi connectivity index (χ1) is 8.98. The molecule has 2 N–H and O–H groups in total. The predicted molar refractivity (Wildman–Crippen MR) is 79.9 cm³/mol. The van der Waals surface area contributed by atoms with Gasteiger partial charge in [-0.05, 0) is 25.8 Å². The van der Waals surface area contributed by atoms with Gasteiger partial charge in [-0.25, -0.2) is 13.1 Å². The summed E-state index contributed by atoms with van der Waals surface area (Å²) in [6.07, 6.45) is 3.55. The normalized spacial score (nSPS) is 12.2. The largest absolute Gasteiger partial charge is 0.381 e. The van der Waals surface area contributed by atoms with E-state index in [-0.39, 0.29) is 5.75 Å². The second kappa shape index (κ2) is 11.6. The van der Waals surface area contributed by atoms with Gasteiger partial charge in [-0.15, -0.1) is 0 Å². The Morgan fingerprint density at radius 2 is 1.74 bits per heavy atom. The van der Waals surface area contributed by atoms with Crippen LogP contribution in [-0.2, 0) is 14.8 Å². The van der Waals surface area contributed by atoms with Crippen LogP contribution >= 0.6 is 0 Å². The lowest BCUT2D eigenvalue weighted by Gasteiger charge is -2.09. The molecule has 0 rings (SSSR count). The third kappa shape index (κ3) is 14.1. The monoisotopic (exact) mass is 294 g/mol. The minimum absolute atomic E-state index is 0.184. The maximum absolute atomic E-state index is 11.6. The van der Waals surface area contributed by atoms with Crippen LogP contribution in [0.15, 0.2) is 0 Å². The van der Waals surface area contributed by atoms with Gasteiger partial charge in [0.25, 0.3) is 0 Å². The number of unbranched alkanes of at least 4 members (excludes halogenated alkanes) is 1. The maximum atomic E-state index is 11.6. The van der Waals surface area contributed by atoms with Gasteiger partial charge < -0.3 is 10.1 Å². The molecule has 0 aromatic heterocycles. The first kappa shape index (κ1) is 18.8. The van der Waals surface area contributed by atoms with Crippen LogP contribution in [-0.4, -0.2) is 46.5 Å². The van der Waals surface area contributed by atoms with Crippen molar-refractivity contribution in [1.29, 1.82) is 0 Å². The minimum Gasteiger partial charge on any atom is -0.381 e. The lowest BCUT2D eigenvalue weighted by molar-refractivity contribution is 0.130. The Labute approximate surface area is 118 Å². The first-order valence-corrected chi connectivity index (χ1v) is 8.91. The van der Waals surface area contributed by atoms with Gasteiger partial charge in [0, 0.05) is 25.8 Å². The van der Waals surface area contributed by atoms with Gasteiger partial charge in [-0.2, -0.15) is 0 Å². The Hall–Kier alpha value is -0.170. The molecule has 0 unspecified atom stereocenters. The molecule has 0 amide bonds. The highest BCUT2D eigenvalue weighted by Crippen LogP contribution is 1.92. The molecule has 0 fully saturated rings. The lowest BCUT2D eigenvalue weighted by Crippen LogP contribution is -2.31. The van der Waals surface area contributed by atoms with Crippen molar-refractivity contribution in [2.75, 3.05) is 32.1 Å². The van der Waals surface area contributed by atoms with Crippen LogP contribution in [0.5, 0.6) is 0 Å². The third-order valence-corrected chi connectivity index (χ3v) is 4.04. The van der Waals surface area contributed by atoms with E-state index >= 15 is 0 Å². The molecule has 0 aliphatic carbocycles. The van der Waals surface area contributed by atoms with Crippen LogP contribution < -0.4 is 10.0 Å². The smallest absolute Gasteiger partial charge is 0.211 e. The van der Waals surface area contributed by atoms with Crippen LogP contribution in [0.4, 0.5) is 0 Å². The van der Waals surface area contributed by atoms with Crippen LogP contribution in [0.25, 0.3) is 0 Å². The zero-order chi connectivity index (χ0) is 14.6. The summed E-state index contributed by atoms with van der Waals surface area (Å²) in [4.78, 5) is 0. The van der Waals surface area contributed by atoms with E-state index in [9.17, 15) is 8.42 Å². The molecule has 116 valence electrons. The number of hydrogen-bond acceptors (Lipinski definition) is 4. The van der Waals surface area contributed by atoms with E-state index in [1.807, 2.05) is 13.8 Å². The summed E-state index contributed by atoms with van der Waals surface area (Å²) < 4.78 is 31.2. The summed E-state index contributed by atoms with van der Waals surface area (Å²) in [5.74, 6) is 0.184. The number of sulfonamides is 1. The van der Waals surface area contributed by atoms with Gasteiger partial charge in [-0.1, -0.05) is 27.2 Å². The molecule has 0 spiro atoms. The Morgan fingerprint density at radius 3 is 2.37 bits per heavy atom. The predicted octanol–water partition coefficient (Wildman–Crippen LogP) is 1.50. The van der Waals surface area contributed by atoms with Crippen molar-refractivity contribution in [2.24, 2.45) is 0 Å². The molecule has 5 nitrogen and oxygen atoms in total. The zero-order valence-corrected chi connectivity index (χ0v) is 13.4. The summed E-state index contributed by atoms with van der Waals surface area (Å²) in [6, 6.07) is 0.399. The van der Waals surface area contributed by atoms with Crippen LogP contribution in [0.1, 0.15) is 46.5 Å². The SMILES string of the molecule is CCCCOCCCNS(=O)(=O)CCCNC(C)C. The van der Waals surface area contributed by atoms with Gasteiger partial charge in [0.1, 0.15) is 0 Å². The van der Waals surface area contributed by atoms with E-state index < -0.39 is 10.0 Å². The van der Waals surface area contributed by atoms with Gasteiger partial charge in [0.05, 0.1) is 5.75 Å². The fourth-order valence-electron chi connectivity index (χ4n) is 1.48. The first-order valence-electron chi connectivity index (χ1n) is 7.26. The Balaban J connectivity index is 3.46. The quantitative estimate of drug-likeness (QED) is 0.505. The minimum atomic E-state index is -3.12. The molecule has 0 aliphatic rings. The third-order valence-electron chi connectivity index (χ3n) is 2.57. The fraction of sp³-hybridized carbons (Fsp3) is 1.00. The van der Waals surface area contributed by atoms with E-state index in [1.54, 1.807) is 0 Å². The Morgan fingerprint density at radius 1 is 1.05 bits per heavy atom. The van der Waals surface area contributed by atoms with Gasteiger partial charge in [-0.3, -0.25) is 0 Å². The standard InChI is InChI=1S/C13H30N2O3S/c1-4-5-10-18-11-6-9-15-19(16,17)12-7-8-14-13(2)3/h13-15H,4-12H2,1-3H3. The second-order valence-electron chi connectivity index (χ2n) is 5.00. The zero-order valence-electron chi connectivity index (χ0n) is 12.6. The number of nitrogens with one attached hydrogen (secondary N) is 2. The van der Waals surface area contributed by atoms with Gasteiger partial charge in [0.2, 0.25) is 10.0 Å². The number of rotatable bonds is 13. The van der Waals surface area contributed by atoms with Crippen LogP contribution in [0, 0.1) is 0 Å². The van der Waals surface area contributed by atoms with Crippen molar-refractivity contribution in [3.63, 3.8) is 0 Å². The van der Waals surface area contributed by atoms with Crippen LogP contribution in [0.2, 0.25) is 0 Å². The van der Waals surface area contributed by atoms with Crippen molar-refractivity contribution in [3.8, 4) is 0 Å². The molecule has 0 atom stereocenters. The maximum Gasteiger partial charge on any atom is 0.211 e. The molecular weight excluding hydrogens is 264 g/mol. The number of hydrogen-bond donors (Lipinski definition) is 2. The van der Waals surface area contributed by atoms with E-state index in [0.717, 1.165) is 32.4 Å². The van der Waals surface area contributed by atoms with Crippen molar-refractivity contribution < 1.29 is 13.2 Å². The molecule has 0 bridgehead atoms. The lowest BCUT2D eigenvalue weighted by atomic mass is 10.4. The Kier molecular flexibility index (Phi) is 11.5. The molecule has 0 aromatic carbocycles. The molecular formula is C13H30N2O3S. The summed E-state index contributed by atoms with van der Waals surface area (Å²) in [7, 11) is -3.12. The highest BCUT2D eigenvalue weighted by atomic mass is 32.2. The highest BCUT2D eigenvalue weighted by molar-refractivity contribution is 7.89. The average molecular weight is 294 g/mol. The average Bonchev–Trinajstić information content (AvgIpc) is 2.33. The molecule has 19 heavy (non-hydrogen) atoms. The Bertz CT molecular complexity index is 292. The van der Waals surface area contributed by atoms with Crippen molar-refractivity contribution in [2.45, 2.75) is 52.5 Å². The second-order valence-corrected chi connectivity index (χ2v) is 6.92. The topological polar surface area (TPSA) is 67.4 Å². The van der Waals surface area contributed by atoms with Crippen molar-refractivity contribution in [1.82, 2.24) is 10.0 Å². The van der Waals surface area contributed by atoms with E-state index in [4.69, 9.17) is 4.74 Å². The fourth-order valence-corrected chi connectivity index (χ4v) is 2.60. The highest BCUT2D eigenvalue weighted by Gasteiger charge is 2.08. The van der Waals surface area contributed by atoms with E-state index in [1.165, 1.54) is 0 Å². The summed E-state index contributed by atoms with van der Waals surface area (Å²) in [5, 5.41) is 3.20. The molecule has 0 aliphatic heterocycles. The molecule has 0 heterocycles. The van der Waals surface area contributed by atoms with E-state index in [0.29, 0.717) is 25.6 Å². The summed E-state index contributed by atoms with van der Waals surface area (Å²) >= 11 is 0. The number of ether oxygens (including phenoxy) is 1. The van der Waals surface area contributed by atoms with Gasteiger partial charge >= 0.3 is 0 Å². The molecule has 0 saturated carbocycles. The van der Waals surface area contributed by atoms with Crippen molar-refractivity contribution >= 4 is 10.0 Å². The van der Waals surface area contributed by atoms with Crippen molar-refractivity contribution in [3.05, 3.63) is 0 Å². The summed E-state index contributed by atoms with van der Waals surface area (Å²) in [5.41, 5.74) is 0. The van der Waals surface area contributed by atoms with Crippen LogP contribution in [0.3, 0.4) is 0 Å². The summed E-state index contributed by atoms with van der Waals surface area (Å²) in [6.45, 7) is 8.80. The van der Waals surface area contributed by atoms with E-state index in [2.05, 4.69) is 17.0 Å². The molecule has 6 heteroatoms. The molecule has 0 radical (unpaired) electrons.